The molecule has 144 valence electrons. The molecule has 1 N–H and O–H groups in total. The molecule has 0 unspecified atom stereocenters. The van der Waals surface area contributed by atoms with Crippen LogP contribution in [0.15, 0.2) is 48.7 Å². The molecule has 0 amide bonds. The number of nitrogens with zero attached hydrogens (tertiary/aromatic N) is 4. The van der Waals surface area contributed by atoms with Crippen molar-refractivity contribution in [1.29, 1.82) is 0 Å². The third-order valence-electron chi connectivity index (χ3n) is 4.32. The maximum absolute atomic E-state index is 13.0. The lowest BCUT2D eigenvalue weighted by Gasteiger charge is -2.28. The summed E-state index contributed by atoms with van der Waals surface area (Å²) in [5, 5.41) is 3.17. The van der Waals surface area contributed by atoms with Crippen LogP contribution in [0.2, 0.25) is 0 Å². The summed E-state index contributed by atoms with van der Waals surface area (Å²) in [5.74, 6) is 1.86. The largest absolute Gasteiger partial charge is 0.439 e. The summed E-state index contributed by atoms with van der Waals surface area (Å²) < 4.78 is 24.0. The van der Waals surface area contributed by atoms with Crippen molar-refractivity contribution >= 4 is 17.5 Å². The number of halogens is 1. The fourth-order valence-corrected chi connectivity index (χ4v) is 2.85. The van der Waals surface area contributed by atoms with Gasteiger partial charge in [0.2, 0.25) is 11.8 Å². The Balaban J connectivity index is 1.47. The summed E-state index contributed by atoms with van der Waals surface area (Å²) in [6, 6.07) is 11.3. The summed E-state index contributed by atoms with van der Waals surface area (Å²) in [7, 11) is 0. The van der Waals surface area contributed by atoms with Gasteiger partial charge >= 0.3 is 0 Å². The molecule has 0 saturated carbocycles. The van der Waals surface area contributed by atoms with Gasteiger partial charge in [0, 0.05) is 25.4 Å². The van der Waals surface area contributed by atoms with Crippen molar-refractivity contribution in [3.05, 3.63) is 60.2 Å². The first-order valence-corrected chi connectivity index (χ1v) is 9.01. The molecule has 0 radical (unpaired) electrons. The number of aromatic nitrogens is 3. The molecule has 0 atom stereocenters. The maximum atomic E-state index is 13.0. The number of aryl methyl sites for hydroxylation is 1. The molecule has 0 aliphatic carbocycles. The number of hydrogen-bond donors (Lipinski definition) is 1. The Bertz CT molecular complexity index is 946. The molecule has 4 rings (SSSR count). The summed E-state index contributed by atoms with van der Waals surface area (Å²) in [6.45, 7) is 5.05. The summed E-state index contributed by atoms with van der Waals surface area (Å²) in [4.78, 5) is 15.5. The molecule has 1 aromatic carbocycles. The molecule has 1 aliphatic rings. The lowest BCUT2D eigenvalue weighted by atomic mass is 10.3. The van der Waals surface area contributed by atoms with Gasteiger partial charge in [0.05, 0.1) is 24.6 Å². The minimum absolute atomic E-state index is 0.319. The second-order valence-corrected chi connectivity index (χ2v) is 6.30. The van der Waals surface area contributed by atoms with E-state index in [-0.39, 0.29) is 5.82 Å². The van der Waals surface area contributed by atoms with Gasteiger partial charge < -0.3 is 19.7 Å². The predicted octanol–water partition coefficient (Wildman–Crippen LogP) is 3.69. The molecule has 0 bridgehead atoms. The fourth-order valence-electron chi connectivity index (χ4n) is 2.85. The number of nitrogens with one attached hydrogen (secondary N) is 1. The van der Waals surface area contributed by atoms with E-state index in [1.54, 1.807) is 24.4 Å². The zero-order chi connectivity index (χ0) is 19.3. The summed E-state index contributed by atoms with van der Waals surface area (Å²) >= 11 is 0. The summed E-state index contributed by atoms with van der Waals surface area (Å²) in [6.07, 6.45) is 1.60. The van der Waals surface area contributed by atoms with E-state index in [1.165, 1.54) is 12.1 Å². The van der Waals surface area contributed by atoms with Gasteiger partial charge in [0.15, 0.2) is 0 Å². The first-order valence-electron chi connectivity index (χ1n) is 9.01. The SMILES string of the molecule is Cc1nc(N2CCOCC2)ccc1Nc1nccc(Oc2ccc(F)cc2)n1. The highest BCUT2D eigenvalue weighted by atomic mass is 19.1. The van der Waals surface area contributed by atoms with Crippen LogP contribution >= 0.6 is 0 Å². The molecule has 1 aliphatic heterocycles. The molecule has 28 heavy (non-hydrogen) atoms. The van der Waals surface area contributed by atoms with Crippen molar-refractivity contribution < 1.29 is 13.9 Å². The second kappa shape index (κ2) is 8.18. The van der Waals surface area contributed by atoms with E-state index in [4.69, 9.17) is 9.47 Å². The molecule has 1 saturated heterocycles. The first kappa shape index (κ1) is 18.1. The highest BCUT2D eigenvalue weighted by molar-refractivity contribution is 5.59. The number of morpholine rings is 1. The van der Waals surface area contributed by atoms with E-state index < -0.39 is 0 Å². The maximum Gasteiger partial charge on any atom is 0.230 e. The van der Waals surface area contributed by atoms with Gasteiger partial charge in [-0.15, -0.1) is 0 Å². The lowest BCUT2D eigenvalue weighted by molar-refractivity contribution is 0.122. The van der Waals surface area contributed by atoms with E-state index in [9.17, 15) is 4.39 Å². The molecule has 3 aromatic rings. The van der Waals surface area contributed by atoms with Crippen molar-refractivity contribution in [2.75, 3.05) is 36.5 Å². The molecule has 2 aromatic heterocycles. The number of hydrogen-bond acceptors (Lipinski definition) is 7. The topological polar surface area (TPSA) is 72.4 Å². The van der Waals surface area contributed by atoms with Crippen LogP contribution in [0.3, 0.4) is 0 Å². The average molecular weight is 381 g/mol. The van der Waals surface area contributed by atoms with Crippen molar-refractivity contribution in [3.63, 3.8) is 0 Å². The average Bonchev–Trinajstić information content (AvgIpc) is 2.72. The van der Waals surface area contributed by atoms with Gasteiger partial charge in [0.1, 0.15) is 17.4 Å². The van der Waals surface area contributed by atoms with E-state index in [0.29, 0.717) is 17.6 Å². The van der Waals surface area contributed by atoms with E-state index >= 15 is 0 Å². The first-order chi connectivity index (χ1) is 13.7. The van der Waals surface area contributed by atoms with Gasteiger partial charge in [0.25, 0.3) is 0 Å². The quantitative estimate of drug-likeness (QED) is 0.722. The monoisotopic (exact) mass is 381 g/mol. The third kappa shape index (κ3) is 4.34. The highest BCUT2D eigenvalue weighted by Crippen LogP contribution is 2.24. The zero-order valence-corrected chi connectivity index (χ0v) is 15.4. The van der Waals surface area contributed by atoms with Gasteiger partial charge in [-0.1, -0.05) is 0 Å². The lowest BCUT2D eigenvalue weighted by Crippen LogP contribution is -2.36. The molecule has 7 nitrogen and oxygen atoms in total. The van der Waals surface area contributed by atoms with E-state index in [1.807, 2.05) is 19.1 Å². The van der Waals surface area contributed by atoms with Crippen molar-refractivity contribution in [3.8, 4) is 11.6 Å². The Labute approximate surface area is 162 Å². The van der Waals surface area contributed by atoms with Gasteiger partial charge in [-0.3, -0.25) is 0 Å². The Morgan fingerprint density at radius 1 is 1.04 bits per heavy atom. The van der Waals surface area contributed by atoms with Gasteiger partial charge in [-0.25, -0.2) is 14.4 Å². The molecule has 3 heterocycles. The Hall–Kier alpha value is -3.26. The highest BCUT2D eigenvalue weighted by Gasteiger charge is 2.14. The van der Waals surface area contributed by atoms with Gasteiger partial charge in [-0.05, 0) is 43.3 Å². The van der Waals surface area contributed by atoms with Crippen LogP contribution < -0.4 is 15.0 Å². The predicted molar refractivity (Wildman–Crippen MR) is 104 cm³/mol. The molecule has 8 heteroatoms. The minimum Gasteiger partial charge on any atom is -0.439 e. The Morgan fingerprint density at radius 3 is 2.57 bits per heavy atom. The van der Waals surface area contributed by atoms with Crippen LogP contribution in [-0.4, -0.2) is 41.3 Å². The zero-order valence-electron chi connectivity index (χ0n) is 15.4. The molecular formula is C20H20FN5O2. The number of ether oxygens (including phenoxy) is 2. The van der Waals surface area contributed by atoms with E-state index in [0.717, 1.165) is 43.5 Å². The van der Waals surface area contributed by atoms with Crippen LogP contribution in [0.1, 0.15) is 5.69 Å². The van der Waals surface area contributed by atoms with E-state index in [2.05, 4.69) is 25.2 Å². The van der Waals surface area contributed by atoms with Crippen LogP contribution in [0.4, 0.5) is 21.8 Å². The van der Waals surface area contributed by atoms with Crippen molar-refractivity contribution in [1.82, 2.24) is 15.0 Å². The molecule has 0 spiro atoms. The minimum atomic E-state index is -0.319. The van der Waals surface area contributed by atoms with Gasteiger partial charge in [-0.2, -0.15) is 4.98 Å². The molecule has 1 fully saturated rings. The number of rotatable bonds is 5. The second-order valence-electron chi connectivity index (χ2n) is 6.30. The number of anilines is 3. The summed E-state index contributed by atoms with van der Waals surface area (Å²) in [5.41, 5.74) is 1.66. The van der Waals surface area contributed by atoms with Crippen LogP contribution in [-0.2, 0) is 4.74 Å². The van der Waals surface area contributed by atoms with Crippen molar-refractivity contribution in [2.45, 2.75) is 6.92 Å². The van der Waals surface area contributed by atoms with Crippen LogP contribution in [0, 0.1) is 12.7 Å². The third-order valence-corrected chi connectivity index (χ3v) is 4.32. The van der Waals surface area contributed by atoms with Crippen LogP contribution in [0.25, 0.3) is 0 Å². The van der Waals surface area contributed by atoms with Crippen LogP contribution in [0.5, 0.6) is 11.6 Å². The smallest absolute Gasteiger partial charge is 0.230 e. The normalized spacial score (nSPS) is 14.0. The Morgan fingerprint density at radius 2 is 1.82 bits per heavy atom. The number of benzene rings is 1. The van der Waals surface area contributed by atoms with Crippen molar-refractivity contribution in [2.24, 2.45) is 0 Å². The Kier molecular flexibility index (Phi) is 5.29. The molecular weight excluding hydrogens is 361 g/mol. The standard InChI is InChI=1S/C20H20FN5O2/c1-14-17(6-7-18(23-14)26-10-12-27-13-11-26)24-20-22-9-8-19(25-20)28-16-4-2-15(21)3-5-16/h2-9H,10-13H2,1H3,(H,22,24,25). The fraction of sp³-hybridized carbons (Fsp3) is 0.250. The number of pyridine rings is 1.